The minimum atomic E-state index is -0.323. The van der Waals surface area contributed by atoms with Crippen molar-refractivity contribution in [3.8, 4) is 22.8 Å². The highest BCUT2D eigenvalue weighted by Gasteiger charge is 2.42. The zero-order chi connectivity index (χ0) is 22.8. The second-order valence-corrected chi connectivity index (χ2v) is 8.33. The van der Waals surface area contributed by atoms with E-state index in [1.165, 1.54) is 0 Å². The second-order valence-electron chi connectivity index (χ2n) is 8.33. The summed E-state index contributed by atoms with van der Waals surface area (Å²) in [6.45, 7) is 7.08. The van der Waals surface area contributed by atoms with Crippen molar-refractivity contribution >= 4 is 5.91 Å². The fourth-order valence-electron chi connectivity index (χ4n) is 4.16. The maximum Gasteiger partial charge on any atom is 0.273 e. The van der Waals surface area contributed by atoms with Crippen LogP contribution in [-0.2, 0) is 4.74 Å². The summed E-state index contributed by atoms with van der Waals surface area (Å²) in [5.74, 6) is 0.782. The summed E-state index contributed by atoms with van der Waals surface area (Å²) in [6.07, 6.45) is 0.869. The normalized spacial score (nSPS) is 15.5. The van der Waals surface area contributed by atoms with Crippen LogP contribution in [0.2, 0.25) is 0 Å². The van der Waals surface area contributed by atoms with Gasteiger partial charge in [-0.05, 0) is 57.0 Å². The molecule has 1 aliphatic heterocycles. The molecule has 2 heterocycles. The number of H-pyrrole nitrogens is 1. The first-order chi connectivity index (χ1) is 15.4. The monoisotopic (exact) mass is 435 g/mol. The van der Waals surface area contributed by atoms with E-state index in [0.717, 1.165) is 28.9 Å². The number of aryl methyl sites for hydroxylation is 1. The Hall–Kier alpha value is -3.32. The molecule has 168 valence electrons. The molecule has 1 atom stereocenters. The molecule has 0 spiro atoms. The van der Waals surface area contributed by atoms with Crippen molar-refractivity contribution in [3.05, 3.63) is 64.8 Å². The predicted molar refractivity (Wildman–Crippen MR) is 122 cm³/mol. The maximum absolute atomic E-state index is 13.4. The molecule has 2 aromatic carbocycles. The number of amides is 1. The lowest BCUT2D eigenvalue weighted by molar-refractivity contribution is 0.0601. The van der Waals surface area contributed by atoms with E-state index in [-0.39, 0.29) is 23.8 Å². The first-order valence-electron chi connectivity index (χ1n) is 10.9. The Balaban J connectivity index is 1.76. The molecule has 4 rings (SSSR count). The van der Waals surface area contributed by atoms with Gasteiger partial charge in [-0.15, -0.1) is 0 Å². The van der Waals surface area contributed by atoms with Crippen molar-refractivity contribution in [1.82, 2.24) is 15.1 Å². The molecule has 0 bridgehead atoms. The number of phenolic OH excluding ortho intramolecular Hbond substituents is 1. The maximum atomic E-state index is 13.4. The fourth-order valence-corrected chi connectivity index (χ4v) is 4.16. The number of carbonyl (C=O) groups excluding carboxylic acids is 1. The first kappa shape index (κ1) is 21.9. The molecule has 0 saturated carbocycles. The van der Waals surface area contributed by atoms with Crippen LogP contribution in [0.15, 0.2) is 42.5 Å². The number of methoxy groups -OCH3 is 1. The van der Waals surface area contributed by atoms with Crippen LogP contribution in [0.4, 0.5) is 0 Å². The van der Waals surface area contributed by atoms with Crippen LogP contribution in [0, 0.1) is 6.92 Å². The zero-order valence-electron chi connectivity index (χ0n) is 18.9. The van der Waals surface area contributed by atoms with Crippen molar-refractivity contribution in [2.45, 2.75) is 39.3 Å². The van der Waals surface area contributed by atoms with Crippen molar-refractivity contribution in [1.29, 1.82) is 0 Å². The number of hydrogen-bond donors (Lipinski definition) is 2. The molecule has 1 amide bonds. The predicted octanol–water partition coefficient (Wildman–Crippen LogP) is 4.46. The molecule has 1 aliphatic rings. The van der Waals surface area contributed by atoms with Gasteiger partial charge in [-0.1, -0.05) is 23.8 Å². The van der Waals surface area contributed by atoms with Gasteiger partial charge in [0, 0.05) is 24.3 Å². The molecule has 1 unspecified atom stereocenters. The number of phenols is 1. The largest absolute Gasteiger partial charge is 0.507 e. The molecule has 0 saturated heterocycles. The summed E-state index contributed by atoms with van der Waals surface area (Å²) >= 11 is 0. The average Bonchev–Trinajstić information content (AvgIpc) is 3.32. The summed E-state index contributed by atoms with van der Waals surface area (Å²) in [7, 11) is 1.63. The third-order valence-electron chi connectivity index (χ3n) is 5.70. The average molecular weight is 436 g/mol. The lowest BCUT2D eigenvalue weighted by atomic mass is 9.95. The Bertz CT molecular complexity index is 1100. The van der Waals surface area contributed by atoms with Gasteiger partial charge in [0.25, 0.3) is 5.91 Å². The summed E-state index contributed by atoms with van der Waals surface area (Å²) in [4.78, 5) is 15.2. The summed E-state index contributed by atoms with van der Waals surface area (Å²) in [6, 6.07) is 12.8. The number of aromatic nitrogens is 2. The molecule has 1 aromatic heterocycles. The van der Waals surface area contributed by atoms with Gasteiger partial charge >= 0.3 is 0 Å². The van der Waals surface area contributed by atoms with Crippen LogP contribution in [-0.4, -0.2) is 52.5 Å². The summed E-state index contributed by atoms with van der Waals surface area (Å²) < 4.78 is 11.0. The molecule has 32 heavy (non-hydrogen) atoms. The number of fused-ring (bicyclic) bond motifs is 1. The van der Waals surface area contributed by atoms with Gasteiger partial charge in [-0.25, -0.2) is 0 Å². The van der Waals surface area contributed by atoms with Crippen molar-refractivity contribution in [2.24, 2.45) is 0 Å². The molecule has 7 heteroatoms. The van der Waals surface area contributed by atoms with Gasteiger partial charge in [0.1, 0.15) is 22.9 Å². The van der Waals surface area contributed by atoms with E-state index in [1.807, 2.05) is 62.1 Å². The molecule has 2 N–H and O–H groups in total. The minimum absolute atomic E-state index is 0.101. The van der Waals surface area contributed by atoms with Crippen LogP contribution >= 0.6 is 0 Å². The Morgan fingerprint density at radius 2 is 1.94 bits per heavy atom. The minimum Gasteiger partial charge on any atom is -0.507 e. The highest BCUT2D eigenvalue weighted by molar-refractivity contribution is 6.00. The van der Waals surface area contributed by atoms with Crippen LogP contribution in [0.1, 0.15) is 53.5 Å². The van der Waals surface area contributed by atoms with E-state index >= 15 is 0 Å². The van der Waals surface area contributed by atoms with E-state index in [9.17, 15) is 9.90 Å². The highest BCUT2D eigenvalue weighted by atomic mass is 16.5. The standard InChI is InChI=1S/C25H29N3O4/c1-15(2)32-13-5-12-28-24(17-7-9-18(31-4)10-8-17)21-22(26-27-23(21)25(28)30)19-14-16(3)6-11-20(19)29/h6-11,14-15,24,29H,5,12-13H2,1-4H3,(H,26,27). The number of benzene rings is 2. The van der Waals surface area contributed by atoms with Crippen LogP contribution in [0.3, 0.4) is 0 Å². The smallest absolute Gasteiger partial charge is 0.273 e. The third-order valence-corrected chi connectivity index (χ3v) is 5.70. The molecule has 0 aliphatic carbocycles. The van der Waals surface area contributed by atoms with Gasteiger partial charge in [0.2, 0.25) is 0 Å². The Labute approximate surface area is 188 Å². The van der Waals surface area contributed by atoms with Gasteiger partial charge in [-0.2, -0.15) is 5.10 Å². The number of aromatic hydroxyl groups is 1. The molecular weight excluding hydrogens is 406 g/mol. The number of hydrogen-bond acceptors (Lipinski definition) is 5. The molecule has 7 nitrogen and oxygen atoms in total. The van der Waals surface area contributed by atoms with Crippen LogP contribution in [0.25, 0.3) is 11.3 Å². The van der Waals surface area contributed by atoms with E-state index < -0.39 is 0 Å². The highest BCUT2D eigenvalue weighted by Crippen LogP contribution is 2.44. The first-order valence-corrected chi connectivity index (χ1v) is 10.9. The van der Waals surface area contributed by atoms with E-state index in [0.29, 0.717) is 30.1 Å². The van der Waals surface area contributed by atoms with Gasteiger partial charge < -0.3 is 19.5 Å². The summed E-state index contributed by atoms with van der Waals surface area (Å²) in [5.41, 5.74) is 4.41. The lowest BCUT2D eigenvalue weighted by Gasteiger charge is -2.26. The Morgan fingerprint density at radius 3 is 2.62 bits per heavy atom. The number of nitrogens with zero attached hydrogens (tertiary/aromatic N) is 2. The van der Waals surface area contributed by atoms with Crippen LogP contribution in [0.5, 0.6) is 11.5 Å². The SMILES string of the molecule is COc1ccc(C2c3c(-c4cc(C)ccc4O)n[nH]c3C(=O)N2CCCOC(C)C)cc1. The van der Waals surface area contributed by atoms with Crippen molar-refractivity contribution < 1.29 is 19.4 Å². The van der Waals surface area contributed by atoms with Crippen molar-refractivity contribution in [2.75, 3.05) is 20.3 Å². The van der Waals surface area contributed by atoms with Gasteiger partial charge in [-0.3, -0.25) is 9.89 Å². The Morgan fingerprint density at radius 1 is 1.19 bits per heavy atom. The molecule has 0 fully saturated rings. The van der Waals surface area contributed by atoms with Gasteiger partial charge in [0.05, 0.1) is 19.3 Å². The van der Waals surface area contributed by atoms with E-state index in [4.69, 9.17) is 9.47 Å². The van der Waals surface area contributed by atoms with Crippen LogP contribution < -0.4 is 4.74 Å². The topological polar surface area (TPSA) is 87.7 Å². The quantitative estimate of drug-likeness (QED) is 0.510. The number of rotatable bonds is 8. The fraction of sp³-hybridized carbons (Fsp3) is 0.360. The van der Waals surface area contributed by atoms with E-state index in [1.54, 1.807) is 13.2 Å². The number of aromatic amines is 1. The molecular formula is C25H29N3O4. The van der Waals surface area contributed by atoms with Gasteiger partial charge in [0.15, 0.2) is 0 Å². The summed E-state index contributed by atoms with van der Waals surface area (Å²) in [5, 5.41) is 17.9. The molecule has 0 radical (unpaired) electrons. The lowest BCUT2D eigenvalue weighted by Crippen LogP contribution is -2.31. The van der Waals surface area contributed by atoms with E-state index in [2.05, 4.69) is 10.2 Å². The number of nitrogens with one attached hydrogen (secondary N) is 1. The number of carbonyl (C=O) groups is 1. The Kier molecular flexibility index (Phi) is 6.19. The second kappa shape index (κ2) is 9.04. The third kappa shape index (κ3) is 4.08. The molecule has 3 aromatic rings. The zero-order valence-corrected chi connectivity index (χ0v) is 18.9. The number of ether oxygens (including phenoxy) is 2. The van der Waals surface area contributed by atoms with Crippen molar-refractivity contribution in [3.63, 3.8) is 0 Å².